The molecular weight excluding hydrogens is 358 g/mol. The molecule has 4 N–H and O–H groups in total. The number of nitrogens with one attached hydrogen (secondary N) is 2. The van der Waals surface area contributed by atoms with Crippen molar-refractivity contribution >= 4 is 27.3 Å². The highest BCUT2D eigenvalue weighted by Crippen LogP contribution is 2.31. The minimum Gasteiger partial charge on any atom is -0.350 e. The lowest BCUT2D eigenvalue weighted by Crippen LogP contribution is -2.39. The largest absolute Gasteiger partial charge is 0.350 e. The quantitative estimate of drug-likeness (QED) is 0.626. The fourth-order valence-electron chi connectivity index (χ4n) is 3.34. The van der Waals surface area contributed by atoms with Crippen LogP contribution in [0.15, 0.2) is 16.3 Å². The van der Waals surface area contributed by atoms with Crippen LogP contribution < -0.4 is 15.8 Å². The van der Waals surface area contributed by atoms with Crippen molar-refractivity contribution in [1.82, 2.24) is 10.0 Å². The third kappa shape index (κ3) is 5.03. The lowest BCUT2D eigenvalue weighted by atomic mass is 10.1. The average molecular weight is 386 g/mol. The van der Waals surface area contributed by atoms with Crippen molar-refractivity contribution in [1.29, 1.82) is 0 Å². The van der Waals surface area contributed by atoms with Crippen molar-refractivity contribution in [3.8, 4) is 0 Å². The Kier molecular flexibility index (Phi) is 6.14. The molecule has 2 aliphatic rings. The van der Waals surface area contributed by atoms with E-state index in [4.69, 9.17) is 5.73 Å². The molecule has 2 aliphatic carbocycles. The van der Waals surface area contributed by atoms with Crippen LogP contribution in [-0.4, -0.2) is 33.0 Å². The van der Waals surface area contributed by atoms with Crippen molar-refractivity contribution in [2.24, 2.45) is 11.7 Å². The molecule has 0 aliphatic heterocycles. The Morgan fingerprint density at radius 3 is 2.52 bits per heavy atom. The molecule has 8 heteroatoms. The van der Waals surface area contributed by atoms with Gasteiger partial charge in [-0.2, -0.15) is 0 Å². The molecule has 0 radical (unpaired) electrons. The van der Waals surface area contributed by atoms with Gasteiger partial charge in [-0.1, -0.05) is 25.7 Å². The molecule has 0 saturated heterocycles. The summed E-state index contributed by atoms with van der Waals surface area (Å²) in [6, 6.07) is 1.43. The predicted octanol–water partition coefficient (Wildman–Crippen LogP) is 2.22. The fourth-order valence-corrected chi connectivity index (χ4v) is 5.99. The van der Waals surface area contributed by atoms with Crippen LogP contribution in [0.5, 0.6) is 0 Å². The highest BCUT2D eigenvalue weighted by atomic mass is 32.2. The van der Waals surface area contributed by atoms with E-state index >= 15 is 0 Å². The molecule has 1 aromatic heterocycles. The van der Waals surface area contributed by atoms with Crippen LogP contribution in [0.4, 0.5) is 0 Å². The third-order valence-corrected chi connectivity index (χ3v) is 7.63. The van der Waals surface area contributed by atoms with E-state index in [1.165, 1.54) is 6.07 Å². The summed E-state index contributed by atoms with van der Waals surface area (Å²) in [5, 5.41) is 4.44. The first kappa shape index (κ1) is 18.8. The number of nitrogens with two attached hydrogens (primary N) is 1. The Hall–Kier alpha value is -0.960. The monoisotopic (exact) mass is 385 g/mol. The SMILES string of the molecule is NC(CNC(=O)c1sccc1S(=O)(=O)NC1CCCCCC1)C1CC1. The lowest BCUT2D eigenvalue weighted by molar-refractivity contribution is 0.0951. The molecule has 1 heterocycles. The second-order valence-electron chi connectivity index (χ2n) is 7.14. The van der Waals surface area contributed by atoms with Crippen LogP contribution in [0.3, 0.4) is 0 Å². The van der Waals surface area contributed by atoms with E-state index in [1.807, 2.05) is 0 Å². The predicted molar refractivity (Wildman–Crippen MR) is 99.2 cm³/mol. The zero-order valence-corrected chi connectivity index (χ0v) is 16.0. The van der Waals surface area contributed by atoms with Crippen molar-refractivity contribution in [3.05, 3.63) is 16.3 Å². The van der Waals surface area contributed by atoms with Crippen molar-refractivity contribution in [2.75, 3.05) is 6.54 Å². The summed E-state index contributed by atoms with van der Waals surface area (Å²) in [5.41, 5.74) is 6.00. The first-order valence-corrected chi connectivity index (χ1v) is 11.5. The van der Waals surface area contributed by atoms with Crippen LogP contribution in [0.1, 0.15) is 61.0 Å². The molecule has 140 valence electrons. The van der Waals surface area contributed by atoms with Gasteiger partial charge in [0.25, 0.3) is 5.91 Å². The van der Waals surface area contributed by atoms with Crippen LogP contribution in [0.25, 0.3) is 0 Å². The van der Waals surface area contributed by atoms with Crippen LogP contribution >= 0.6 is 11.3 Å². The Labute approximate surface area is 153 Å². The third-order valence-electron chi connectivity index (χ3n) is 5.03. The Bertz CT molecular complexity index is 690. The van der Waals surface area contributed by atoms with E-state index in [9.17, 15) is 13.2 Å². The number of rotatable bonds is 7. The van der Waals surface area contributed by atoms with E-state index in [0.29, 0.717) is 12.5 Å². The van der Waals surface area contributed by atoms with Crippen molar-refractivity contribution < 1.29 is 13.2 Å². The second-order valence-corrected chi connectivity index (χ2v) is 9.73. The molecule has 0 aromatic carbocycles. The Morgan fingerprint density at radius 1 is 1.20 bits per heavy atom. The van der Waals surface area contributed by atoms with E-state index < -0.39 is 10.0 Å². The zero-order chi connectivity index (χ0) is 17.9. The molecule has 6 nitrogen and oxygen atoms in total. The normalized spacial score (nSPS) is 20.8. The lowest BCUT2D eigenvalue weighted by Gasteiger charge is -2.17. The first-order chi connectivity index (χ1) is 12.0. The Balaban J connectivity index is 1.65. The molecule has 0 bridgehead atoms. The molecule has 2 fully saturated rings. The highest BCUT2D eigenvalue weighted by Gasteiger charge is 2.30. The first-order valence-electron chi connectivity index (χ1n) is 9.11. The van der Waals surface area contributed by atoms with Gasteiger partial charge in [-0.05, 0) is 43.0 Å². The number of carbonyl (C=O) groups excluding carboxylic acids is 1. The van der Waals surface area contributed by atoms with Gasteiger partial charge in [0.15, 0.2) is 0 Å². The van der Waals surface area contributed by atoms with Gasteiger partial charge in [-0.25, -0.2) is 13.1 Å². The summed E-state index contributed by atoms with van der Waals surface area (Å²) < 4.78 is 28.3. The molecule has 1 atom stereocenters. The fraction of sp³-hybridized carbons (Fsp3) is 0.706. The van der Waals surface area contributed by atoms with Gasteiger partial charge in [0, 0.05) is 18.6 Å². The van der Waals surface area contributed by atoms with E-state index in [-0.39, 0.29) is 27.8 Å². The summed E-state index contributed by atoms with van der Waals surface area (Å²) in [6.45, 7) is 0.386. The standard InChI is InChI=1S/C17H27N3O3S2/c18-14(12-7-8-12)11-19-17(21)16-15(9-10-24-16)25(22,23)20-13-5-3-1-2-4-6-13/h9-10,12-14,20H,1-8,11,18H2,(H,19,21). The van der Waals surface area contributed by atoms with E-state index in [0.717, 1.165) is 62.7 Å². The van der Waals surface area contributed by atoms with Gasteiger partial charge >= 0.3 is 0 Å². The zero-order valence-electron chi connectivity index (χ0n) is 14.4. The van der Waals surface area contributed by atoms with Gasteiger partial charge in [-0.15, -0.1) is 11.3 Å². The van der Waals surface area contributed by atoms with Crippen LogP contribution in [0.2, 0.25) is 0 Å². The molecule has 25 heavy (non-hydrogen) atoms. The van der Waals surface area contributed by atoms with E-state index in [2.05, 4.69) is 10.0 Å². The number of hydrogen-bond donors (Lipinski definition) is 3. The minimum atomic E-state index is -3.68. The van der Waals surface area contributed by atoms with Crippen molar-refractivity contribution in [2.45, 2.75) is 68.3 Å². The molecule has 3 rings (SSSR count). The Morgan fingerprint density at radius 2 is 1.88 bits per heavy atom. The number of sulfonamides is 1. The molecule has 0 spiro atoms. The van der Waals surface area contributed by atoms with Gasteiger partial charge < -0.3 is 11.1 Å². The van der Waals surface area contributed by atoms with Gasteiger partial charge in [0.05, 0.1) is 0 Å². The summed E-state index contributed by atoms with van der Waals surface area (Å²) in [5.74, 6) is 0.135. The van der Waals surface area contributed by atoms with Crippen molar-refractivity contribution in [3.63, 3.8) is 0 Å². The maximum atomic E-state index is 12.7. The second kappa shape index (κ2) is 8.16. The number of thiophene rings is 1. The smallest absolute Gasteiger partial charge is 0.262 e. The highest BCUT2D eigenvalue weighted by molar-refractivity contribution is 7.89. The number of amides is 1. The summed E-state index contributed by atoms with van der Waals surface area (Å²) in [7, 11) is -3.68. The molecule has 1 aromatic rings. The molecular formula is C17H27N3O3S2. The van der Waals surface area contributed by atoms with Crippen LogP contribution in [-0.2, 0) is 10.0 Å². The van der Waals surface area contributed by atoms with Gasteiger partial charge in [0.2, 0.25) is 10.0 Å². The van der Waals surface area contributed by atoms with E-state index in [1.54, 1.807) is 5.38 Å². The van der Waals surface area contributed by atoms with Gasteiger partial charge in [0.1, 0.15) is 9.77 Å². The van der Waals surface area contributed by atoms with Gasteiger partial charge in [-0.3, -0.25) is 4.79 Å². The summed E-state index contributed by atoms with van der Waals surface area (Å²) in [4.78, 5) is 12.7. The molecule has 1 amide bonds. The maximum absolute atomic E-state index is 12.7. The number of carbonyl (C=O) groups is 1. The minimum absolute atomic E-state index is 0.0356. The summed E-state index contributed by atoms with van der Waals surface area (Å²) >= 11 is 1.15. The summed E-state index contributed by atoms with van der Waals surface area (Å²) in [6.07, 6.45) is 8.36. The molecule has 1 unspecified atom stereocenters. The van der Waals surface area contributed by atoms with Crippen LogP contribution in [0, 0.1) is 5.92 Å². The average Bonchev–Trinajstić information content (AvgIpc) is 3.35. The molecule has 2 saturated carbocycles. The maximum Gasteiger partial charge on any atom is 0.262 e. The topological polar surface area (TPSA) is 101 Å². The number of hydrogen-bond acceptors (Lipinski definition) is 5.